The van der Waals surface area contributed by atoms with Crippen LogP contribution in [0.3, 0.4) is 0 Å². The lowest BCUT2D eigenvalue weighted by Crippen LogP contribution is -2.18. The van der Waals surface area contributed by atoms with Gasteiger partial charge < -0.3 is 9.47 Å². The third-order valence-corrected chi connectivity index (χ3v) is 3.75. The van der Waals surface area contributed by atoms with Gasteiger partial charge in [-0.3, -0.25) is 0 Å². The van der Waals surface area contributed by atoms with Crippen molar-refractivity contribution < 1.29 is 14.3 Å². The predicted molar refractivity (Wildman–Crippen MR) is 76.1 cm³/mol. The second-order valence-electron chi connectivity index (χ2n) is 5.26. The van der Waals surface area contributed by atoms with Gasteiger partial charge in [0.2, 0.25) is 0 Å². The first-order valence-corrected chi connectivity index (χ1v) is 9.64. The van der Waals surface area contributed by atoms with Crippen molar-refractivity contribution in [2.45, 2.75) is 25.7 Å². The van der Waals surface area contributed by atoms with E-state index in [2.05, 4.69) is 24.4 Å². The van der Waals surface area contributed by atoms with Crippen LogP contribution < -0.4 is 0 Å². The largest absolute Gasteiger partial charge is 0.513 e. The first-order valence-electron chi connectivity index (χ1n) is 5.94. The molecule has 4 heteroatoms. The van der Waals surface area contributed by atoms with Gasteiger partial charge in [0.05, 0.1) is 7.11 Å². The van der Waals surface area contributed by atoms with E-state index in [4.69, 9.17) is 4.74 Å². The molecule has 98 valence electrons. The van der Waals surface area contributed by atoms with Gasteiger partial charge in [0.15, 0.2) is 0 Å². The van der Waals surface area contributed by atoms with Crippen molar-refractivity contribution in [1.29, 1.82) is 0 Å². The fourth-order valence-electron chi connectivity index (χ4n) is 1.35. The topological polar surface area (TPSA) is 35.5 Å². The lowest BCUT2D eigenvalue weighted by molar-refractivity contribution is 0.112. The maximum Gasteiger partial charge on any atom is 0.513 e. The highest BCUT2D eigenvalue weighted by Gasteiger charge is 2.14. The van der Waals surface area contributed by atoms with E-state index in [0.717, 1.165) is 11.6 Å². The summed E-state index contributed by atoms with van der Waals surface area (Å²) in [4.78, 5) is 11.2. The number of carbonyl (C=O) groups is 1. The van der Waals surface area contributed by atoms with E-state index >= 15 is 0 Å². The van der Waals surface area contributed by atoms with Crippen LogP contribution in [-0.2, 0) is 9.47 Å². The lowest BCUT2D eigenvalue weighted by atomic mass is 10.2. The zero-order valence-electron chi connectivity index (χ0n) is 11.4. The van der Waals surface area contributed by atoms with Crippen LogP contribution in [0.1, 0.15) is 5.56 Å². The first kappa shape index (κ1) is 14.5. The van der Waals surface area contributed by atoms with Gasteiger partial charge in [-0.25, -0.2) is 4.79 Å². The monoisotopic (exact) mass is 264 g/mol. The van der Waals surface area contributed by atoms with Gasteiger partial charge in [-0.05, 0) is 12.1 Å². The van der Waals surface area contributed by atoms with Crippen LogP contribution in [0, 0.1) is 0 Å². The van der Waals surface area contributed by atoms with Gasteiger partial charge in [0, 0.05) is 13.6 Å². The Bertz CT molecular complexity index is 418. The molecule has 1 rings (SSSR count). The number of hydrogen-bond donors (Lipinski definition) is 0. The smallest absolute Gasteiger partial charge is 0.437 e. The van der Waals surface area contributed by atoms with Crippen LogP contribution in [0.5, 0.6) is 0 Å². The molecule has 0 aromatic heterocycles. The van der Waals surface area contributed by atoms with Crippen molar-refractivity contribution in [1.82, 2.24) is 0 Å². The Kier molecular flexibility index (Phi) is 5.16. The van der Waals surface area contributed by atoms with Gasteiger partial charge >= 0.3 is 6.16 Å². The minimum Gasteiger partial charge on any atom is -0.437 e. The summed E-state index contributed by atoms with van der Waals surface area (Å²) in [6.45, 7) is 6.80. The van der Waals surface area contributed by atoms with Crippen molar-refractivity contribution >= 4 is 20.0 Å². The molecule has 0 spiro atoms. The Labute approximate surface area is 109 Å². The highest BCUT2D eigenvalue weighted by molar-refractivity contribution is 6.76. The molecule has 0 N–H and O–H groups in total. The third kappa shape index (κ3) is 5.18. The highest BCUT2D eigenvalue weighted by Crippen LogP contribution is 2.20. The molecular formula is C14H20O3Si. The number of carbonyl (C=O) groups excluding carboxylic acids is 1. The van der Waals surface area contributed by atoms with E-state index in [1.54, 1.807) is 0 Å². The van der Waals surface area contributed by atoms with Gasteiger partial charge in [0.25, 0.3) is 0 Å². The molecule has 0 heterocycles. The Hall–Kier alpha value is -1.55. The summed E-state index contributed by atoms with van der Waals surface area (Å²) < 4.78 is 9.75. The number of rotatable bonds is 4. The van der Waals surface area contributed by atoms with Gasteiger partial charge in [0.1, 0.15) is 5.76 Å². The third-order valence-electron chi connectivity index (χ3n) is 2.32. The summed E-state index contributed by atoms with van der Waals surface area (Å²) in [5.74, 6) is 0.574. The quantitative estimate of drug-likeness (QED) is 0.465. The Morgan fingerprint density at radius 2 is 1.83 bits per heavy atom. The normalized spacial score (nSPS) is 12.1. The second-order valence-corrected chi connectivity index (χ2v) is 10.8. The fourth-order valence-corrected chi connectivity index (χ4v) is 2.15. The van der Waals surface area contributed by atoms with Crippen LogP contribution in [0.4, 0.5) is 4.79 Å². The zero-order valence-corrected chi connectivity index (χ0v) is 12.4. The van der Waals surface area contributed by atoms with E-state index in [9.17, 15) is 4.79 Å². The molecule has 0 amide bonds. The number of allylic oxidation sites excluding steroid dienone is 1. The second kappa shape index (κ2) is 6.40. The first-order chi connectivity index (χ1) is 8.42. The standard InChI is InChI=1S/C14H20O3Si/c1-16-14(15)17-13(10-11-18(2,3)4)12-8-6-5-7-9-12/h5-10H,11H2,1-4H3/b13-10+. The zero-order chi connectivity index (χ0) is 13.6. The molecule has 0 radical (unpaired) electrons. The van der Waals surface area contributed by atoms with E-state index in [0.29, 0.717) is 5.76 Å². The minimum absolute atomic E-state index is 0.574. The molecule has 1 aromatic carbocycles. The van der Waals surface area contributed by atoms with E-state index in [1.807, 2.05) is 36.4 Å². The number of ether oxygens (including phenoxy) is 2. The Morgan fingerprint density at radius 1 is 1.22 bits per heavy atom. The summed E-state index contributed by atoms with van der Waals surface area (Å²) in [6, 6.07) is 10.5. The van der Waals surface area contributed by atoms with Crippen LogP contribution in [0.15, 0.2) is 36.4 Å². The molecule has 0 unspecified atom stereocenters. The summed E-state index contributed by atoms with van der Waals surface area (Å²) in [6.07, 6.45) is 1.30. The van der Waals surface area contributed by atoms with Crippen LogP contribution in [0.25, 0.3) is 5.76 Å². The molecule has 3 nitrogen and oxygen atoms in total. The van der Waals surface area contributed by atoms with Crippen LogP contribution >= 0.6 is 0 Å². The number of benzene rings is 1. The van der Waals surface area contributed by atoms with E-state index in [-0.39, 0.29) is 0 Å². The van der Waals surface area contributed by atoms with Crippen molar-refractivity contribution in [2.24, 2.45) is 0 Å². The van der Waals surface area contributed by atoms with Crippen molar-refractivity contribution in [3.8, 4) is 0 Å². The molecule has 0 aliphatic heterocycles. The maximum absolute atomic E-state index is 11.2. The van der Waals surface area contributed by atoms with Gasteiger partial charge in [-0.1, -0.05) is 50.0 Å². The average Bonchev–Trinajstić information content (AvgIpc) is 2.34. The van der Waals surface area contributed by atoms with Crippen LogP contribution in [-0.4, -0.2) is 21.3 Å². The Morgan fingerprint density at radius 3 is 2.33 bits per heavy atom. The molecule has 1 aromatic rings. The van der Waals surface area contributed by atoms with Crippen molar-refractivity contribution in [3.05, 3.63) is 42.0 Å². The van der Waals surface area contributed by atoms with Crippen molar-refractivity contribution in [2.75, 3.05) is 7.11 Å². The summed E-state index contributed by atoms with van der Waals surface area (Å²) in [7, 11) is 0.0864. The molecular weight excluding hydrogens is 244 g/mol. The van der Waals surface area contributed by atoms with Gasteiger partial charge in [-0.2, -0.15) is 0 Å². The molecule has 0 saturated carbocycles. The Balaban J connectivity index is 2.92. The predicted octanol–water partition coefficient (Wildman–Crippen LogP) is 4.15. The summed E-state index contributed by atoms with van der Waals surface area (Å²) >= 11 is 0. The minimum atomic E-state index is -1.22. The van der Waals surface area contributed by atoms with Crippen LogP contribution in [0.2, 0.25) is 25.7 Å². The molecule has 0 atom stereocenters. The number of methoxy groups -OCH3 is 1. The maximum atomic E-state index is 11.2. The molecule has 0 aliphatic carbocycles. The van der Waals surface area contributed by atoms with E-state index < -0.39 is 14.2 Å². The summed E-state index contributed by atoms with van der Waals surface area (Å²) in [5.41, 5.74) is 0.890. The molecule has 0 saturated heterocycles. The lowest BCUT2D eigenvalue weighted by Gasteiger charge is -2.14. The van der Waals surface area contributed by atoms with E-state index in [1.165, 1.54) is 7.11 Å². The molecule has 0 bridgehead atoms. The van der Waals surface area contributed by atoms with Crippen molar-refractivity contribution in [3.63, 3.8) is 0 Å². The average molecular weight is 264 g/mol. The number of hydrogen-bond acceptors (Lipinski definition) is 3. The fraction of sp³-hybridized carbons (Fsp3) is 0.357. The molecule has 0 aliphatic rings. The molecule has 18 heavy (non-hydrogen) atoms. The highest BCUT2D eigenvalue weighted by atomic mass is 28.3. The van der Waals surface area contributed by atoms with Gasteiger partial charge in [-0.15, -0.1) is 0 Å². The SMILES string of the molecule is COC(=O)O/C(=C/C[Si](C)(C)C)c1ccccc1. The molecule has 0 fully saturated rings. The summed E-state index contributed by atoms with van der Waals surface area (Å²) in [5, 5.41) is 0.